The van der Waals surface area contributed by atoms with Crippen LogP contribution in [0.3, 0.4) is 0 Å². The maximum absolute atomic E-state index is 12.6. The molecule has 5 heteroatoms. The fraction of sp³-hybridized carbons (Fsp3) is 0.600. The summed E-state index contributed by atoms with van der Waals surface area (Å²) in [5.41, 5.74) is 1.51. The van der Waals surface area contributed by atoms with Crippen molar-refractivity contribution in [3.8, 4) is 0 Å². The van der Waals surface area contributed by atoms with Gasteiger partial charge < -0.3 is 9.80 Å². The van der Waals surface area contributed by atoms with Crippen LogP contribution in [0.5, 0.6) is 0 Å². The van der Waals surface area contributed by atoms with E-state index in [0.29, 0.717) is 16.8 Å². The summed E-state index contributed by atoms with van der Waals surface area (Å²) >= 11 is 6.04. The predicted octanol–water partition coefficient (Wildman–Crippen LogP) is 2.63. The lowest BCUT2D eigenvalue weighted by molar-refractivity contribution is 0.0572. The molecule has 4 nitrogen and oxygen atoms in total. The molecule has 1 amide bonds. The monoisotopic (exact) mass is 295 g/mol. The number of piperazine rings is 1. The number of nitrogens with zero attached hydrogens (tertiary/aromatic N) is 3. The third-order valence-electron chi connectivity index (χ3n) is 3.90. The van der Waals surface area contributed by atoms with Crippen LogP contribution in [0.4, 0.5) is 0 Å². The van der Waals surface area contributed by atoms with E-state index in [1.54, 1.807) is 6.07 Å². The Bertz CT molecular complexity index is 504. The van der Waals surface area contributed by atoms with Gasteiger partial charge in [0.25, 0.3) is 5.91 Å². The third kappa shape index (κ3) is 3.30. The number of rotatable bonds is 2. The quantitative estimate of drug-likeness (QED) is 0.787. The first kappa shape index (κ1) is 15.3. The normalized spacial score (nSPS) is 20.5. The molecule has 0 spiro atoms. The molecule has 1 fully saturated rings. The second-order valence-electron chi connectivity index (χ2n) is 5.84. The van der Waals surface area contributed by atoms with Gasteiger partial charge in [-0.15, -0.1) is 0 Å². The number of hydrogen-bond acceptors (Lipinski definition) is 3. The van der Waals surface area contributed by atoms with E-state index < -0.39 is 0 Å². The first-order valence-electron chi connectivity index (χ1n) is 7.05. The highest BCUT2D eigenvalue weighted by Crippen LogP contribution is 2.20. The lowest BCUT2D eigenvalue weighted by atomic mass is 10.1. The molecule has 0 aromatic carbocycles. The Morgan fingerprint density at radius 2 is 2.10 bits per heavy atom. The number of pyridine rings is 1. The molecule has 2 rings (SSSR count). The van der Waals surface area contributed by atoms with Crippen molar-refractivity contribution in [2.24, 2.45) is 0 Å². The van der Waals surface area contributed by atoms with Crippen LogP contribution in [0.1, 0.15) is 42.7 Å². The van der Waals surface area contributed by atoms with Gasteiger partial charge in [-0.25, -0.2) is 4.98 Å². The molecule has 1 atom stereocenters. The van der Waals surface area contributed by atoms with Crippen LogP contribution in [0, 0.1) is 0 Å². The lowest BCUT2D eigenvalue weighted by Crippen LogP contribution is -2.52. The van der Waals surface area contributed by atoms with E-state index in [1.807, 2.05) is 24.8 Å². The number of hydrogen-bond donors (Lipinski definition) is 0. The predicted molar refractivity (Wildman–Crippen MR) is 81.3 cm³/mol. The number of aromatic nitrogens is 1. The van der Waals surface area contributed by atoms with E-state index in [0.717, 1.165) is 25.3 Å². The number of carbonyl (C=O) groups is 1. The van der Waals surface area contributed by atoms with Crippen LogP contribution in [0.2, 0.25) is 5.15 Å². The lowest BCUT2D eigenvalue weighted by Gasteiger charge is -2.37. The van der Waals surface area contributed by atoms with Gasteiger partial charge in [0.05, 0.1) is 0 Å². The van der Waals surface area contributed by atoms with Crippen molar-refractivity contribution in [2.45, 2.75) is 32.7 Å². The van der Waals surface area contributed by atoms with E-state index in [9.17, 15) is 4.79 Å². The zero-order chi connectivity index (χ0) is 14.9. The van der Waals surface area contributed by atoms with Crippen molar-refractivity contribution in [3.63, 3.8) is 0 Å². The van der Waals surface area contributed by atoms with Crippen LogP contribution in [-0.4, -0.2) is 53.4 Å². The van der Waals surface area contributed by atoms with Gasteiger partial charge in [0.15, 0.2) is 0 Å². The Morgan fingerprint density at radius 3 is 2.70 bits per heavy atom. The van der Waals surface area contributed by atoms with E-state index in [1.165, 1.54) is 0 Å². The smallest absolute Gasteiger partial charge is 0.254 e. The summed E-state index contributed by atoms with van der Waals surface area (Å²) in [5.74, 6) is 0.308. The highest BCUT2D eigenvalue weighted by molar-refractivity contribution is 6.29. The molecule has 110 valence electrons. The molecule has 1 aliphatic heterocycles. The second-order valence-corrected chi connectivity index (χ2v) is 6.23. The Balaban J connectivity index is 2.21. The molecule has 0 N–H and O–H groups in total. The van der Waals surface area contributed by atoms with Gasteiger partial charge in [0.2, 0.25) is 0 Å². The third-order valence-corrected chi connectivity index (χ3v) is 4.09. The Labute approximate surface area is 125 Å². The van der Waals surface area contributed by atoms with Crippen LogP contribution >= 0.6 is 11.6 Å². The molecule has 2 heterocycles. The summed E-state index contributed by atoms with van der Waals surface area (Å²) in [6, 6.07) is 3.91. The summed E-state index contributed by atoms with van der Waals surface area (Å²) in [7, 11) is 2.09. The number of likely N-dealkylation sites (N-methyl/N-ethyl adjacent to an activating group) is 1. The SMILES string of the molecule is CC(C)c1cc(C(=O)N2CCN(C)C(C)C2)cc(Cl)n1. The molecule has 0 aliphatic carbocycles. The molecule has 0 saturated carbocycles. The Morgan fingerprint density at radius 1 is 1.40 bits per heavy atom. The molecule has 1 aliphatic rings. The maximum atomic E-state index is 12.6. The van der Waals surface area contributed by atoms with Crippen molar-refractivity contribution < 1.29 is 4.79 Å². The second kappa shape index (κ2) is 6.10. The van der Waals surface area contributed by atoms with Gasteiger partial charge in [-0.2, -0.15) is 0 Å². The molecule has 1 unspecified atom stereocenters. The minimum absolute atomic E-state index is 0.0520. The first-order chi connectivity index (χ1) is 9.38. The number of amides is 1. The molecule has 0 radical (unpaired) electrons. The van der Waals surface area contributed by atoms with E-state index in [-0.39, 0.29) is 11.8 Å². The van der Waals surface area contributed by atoms with Crippen molar-refractivity contribution >= 4 is 17.5 Å². The molecule has 1 saturated heterocycles. The molecular formula is C15H22ClN3O. The number of carbonyl (C=O) groups excluding carboxylic acids is 1. The highest BCUT2D eigenvalue weighted by Gasteiger charge is 2.25. The number of halogens is 1. The van der Waals surface area contributed by atoms with E-state index >= 15 is 0 Å². The average Bonchev–Trinajstić information content (AvgIpc) is 2.40. The van der Waals surface area contributed by atoms with Gasteiger partial charge in [0.1, 0.15) is 5.15 Å². The average molecular weight is 296 g/mol. The van der Waals surface area contributed by atoms with Crippen molar-refractivity contribution in [1.82, 2.24) is 14.8 Å². The summed E-state index contributed by atoms with van der Waals surface area (Å²) in [6.45, 7) is 8.65. The minimum Gasteiger partial charge on any atom is -0.336 e. The van der Waals surface area contributed by atoms with Gasteiger partial charge in [-0.3, -0.25) is 4.79 Å². The van der Waals surface area contributed by atoms with Crippen LogP contribution in [0.25, 0.3) is 0 Å². The van der Waals surface area contributed by atoms with Gasteiger partial charge in [-0.1, -0.05) is 25.4 Å². The molecule has 20 heavy (non-hydrogen) atoms. The summed E-state index contributed by atoms with van der Waals surface area (Å²) in [5, 5.41) is 0.390. The van der Waals surface area contributed by atoms with Gasteiger partial charge in [-0.05, 0) is 32.0 Å². The standard InChI is InChI=1S/C15H22ClN3O/c1-10(2)13-7-12(8-14(16)17-13)15(20)19-6-5-18(4)11(3)9-19/h7-8,10-11H,5-6,9H2,1-4H3. The first-order valence-corrected chi connectivity index (χ1v) is 7.43. The summed E-state index contributed by atoms with van der Waals surface area (Å²) < 4.78 is 0. The van der Waals surface area contributed by atoms with Crippen molar-refractivity contribution in [1.29, 1.82) is 0 Å². The van der Waals surface area contributed by atoms with Gasteiger partial charge in [0, 0.05) is 36.9 Å². The minimum atomic E-state index is 0.0520. The molecule has 1 aromatic rings. The Kier molecular flexibility index (Phi) is 4.66. The molecule has 1 aromatic heterocycles. The topological polar surface area (TPSA) is 36.4 Å². The van der Waals surface area contributed by atoms with Crippen molar-refractivity contribution in [2.75, 3.05) is 26.7 Å². The Hall–Kier alpha value is -1.13. The highest BCUT2D eigenvalue weighted by atomic mass is 35.5. The maximum Gasteiger partial charge on any atom is 0.254 e. The van der Waals surface area contributed by atoms with Crippen LogP contribution < -0.4 is 0 Å². The fourth-order valence-corrected chi connectivity index (χ4v) is 2.57. The zero-order valence-electron chi connectivity index (χ0n) is 12.6. The summed E-state index contributed by atoms with van der Waals surface area (Å²) in [6.07, 6.45) is 0. The van der Waals surface area contributed by atoms with Crippen molar-refractivity contribution in [3.05, 3.63) is 28.5 Å². The fourth-order valence-electron chi connectivity index (χ4n) is 2.35. The van der Waals surface area contributed by atoms with E-state index in [2.05, 4.69) is 23.9 Å². The molecule has 0 bridgehead atoms. The van der Waals surface area contributed by atoms with Crippen LogP contribution in [-0.2, 0) is 0 Å². The van der Waals surface area contributed by atoms with Gasteiger partial charge >= 0.3 is 0 Å². The largest absolute Gasteiger partial charge is 0.336 e. The zero-order valence-corrected chi connectivity index (χ0v) is 13.3. The van der Waals surface area contributed by atoms with E-state index in [4.69, 9.17) is 11.6 Å². The van der Waals surface area contributed by atoms with Crippen LogP contribution in [0.15, 0.2) is 12.1 Å². The summed E-state index contributed by atoms with van der Waals surface area (Å²) in [4.78, 5) is 21.0. The molecular weight excluding hydrogens is 274 g/mol.